The first-order chi connectivity index (χ1) is 8.56. The van der Waals surface area contributed by atoms with Crippen molar-refractivity contribution in [1.29, 1.82) is 0 Å². The summed E-state index contributed by atoms with van der Waals surface area (Å²) in [5, 5.41) is 3.85. The Morgan fingerprint density at radius 3 is 2.83 bits per heavy atom. The summed E-state index contributed by atoms with van der Waals surface area (Å²) in [4.78, 5) is 8.39. The molecule has 94 valence electrons. The molecule has 2 aromatic rings. The Kier molecular flexibility index (Phi) is 3.67. The van der Waals surface area contributed by atoms with Crippen molar-refractivity contribution in [1.82, 2.24) is 9.97 Å². The summed E-state index contributed by atoms with van der Waals surface area (Å²) in [6.07, 6.45) is 1.75. The highest BCUT2D eigenvalue weighted by molar-refractivity contribution is 6.33. The molecule has 0 atom stereocenters. The second-order valence-electron chi connectivity index (χ2n) is 4.14. The van der Waals surface area contributed by atoms with E-state index in [0.29, 0.717) is 17.3 Å². The molecule has 0 fully saturated rings. The average Bonchev–Trinajstić information content (AvgIpc) is 2.32. The quantitative estimate of drug-likeness (QED) is 0.835. The molecule has 0 aliphatic carbocycles. The van der Waals surface area contributed by atoms with Crippen molar-refractivity contribution in [2.24, 2.45) is 0 Å². The lowest BCUT2D eigenvalue weighted by Crippen LogP contribution is -2.04. The highest BCUT2D eigenvalue weighted by atomic mass is 35.5. The highest BCUT2D eigenvalue weighted by Crippen LogP contribution is 2.26. The smallest absolute Gasteiger partial charge is 0.125 e. The zero-order chi connectivity index (χ0) is 13.1. The number of hydrogen-bond donors (Lipinski definition) is 2. The van der Waals surface area contributed by atoms with E-state index >= 15 is 0 Å². The second kappa shape index (κ2) is 5.23. The fourth-order valence-electron chi connectivity index (χ4n) is 1.68. The van der Waals surface area contributed by atoms with Crippen LogP contribution in [0.5, 0.6) is 0 Å². The summed E-state index contributed by atoms with van der Waals surface area (Å²) < 4.78 is 0. The average molecular weight is 263 g/mol. The standard InChI is InChI=1S/C13H15ClN4/c1-8-5-12(15)11(14)6-13(8)17-7-10-3-4-16-9(2)18-10/h3-6,17H,7,15H2,1-2H3. The van der Waals surface area contributed by atoms with Gasteiger partial charge in [0.05, 0.1) is 22.9 Å². The molecule has 1 aromatic carbocycles. The van der Waals surface area contributed by atoms with Crippen molar-refractivity contribution in [2.45, 2.75) is 20.4 Å². The number of nitrogens with one attached hydrogen (secondary N) is 1. The highest BCUT2D eigenvalue weighted by Gasteiger charge is 2.04. The van der Waals surface area contributed by atoms with Crippen molar-refractivity contribution in [3.63, 3.8) is 0 Å². The van der Waals surface area contributed by atoms with Crippen LogP contribution in [0, 0.1) is 13.8 Å². The van der Waals surface area contributed by atoms with Crippen molar-refractivity contribution >= 4 is 23.0 Å². The van der Waals surface area contributed by atoms with Gasteiger partial charge in [-0.05, 0) is 37.6 Å². The molecule has 5 heteroatoms. The molecule has 0 unspecified atom stereocenters. The van der Waals surface area contributed by atoms with Crippen molar-refractivity contribution in [2.75, 3.05) is 11.1 Å². The number of anilines is 2. The summed E-state index contributed by atoms with van der Waals surface area (Å²) in [5.41, 5.74) is 9.29. The van der Waals surface area contributed by atoms with E-state index in [9.17, 15) is 0 Å². The van der Waals surface area contributed by atoms with Crippen LogP contribution in [0.3, 0.4) is 0 Å². The zero-order valence-corrected chi connectivity index (χ0v) is 11.1. The predicted molar refractivity (Wildman–Crippen MR) is 74.7 cm³/mol. The maximum atomic E-state index is 6.00. The van der Waals surface area contributed by atoms with Crippen molar-refractivity contribution < 1.29 is 0 Å². The molecule has 0 spiro atoms. The number of nitrogens with two attached hydrogens (primary N) is 1. The van der Waals surface area contributed by atoms with Gasteiger partial charge in [0.25, 0.3) is 0 Å². The number of hydrogen-bond acceptors (Lipinski definition) is 4. The minimum absolute atomic E-state index is 0.557. The lowest BCUT2D eigenvalue weighted by molar-refractivity contribution is 0.954. The molecule has 2 rings (SSSR count). The van der Waals surface area contributed by atoms with E-state index in [2.05, 4.69) is 15.3 Å². The first-order valence-electron chi connectivity index (χ1n) is 5.64. The topological polar surface area (TPSA) is 63.8 Å². The van der Waals surface area contributed by atoms with Gasteiger partial charge in [0, 0.05) is 11.9 Å². The van der Waals surface area contributed by atoms with E-state index < -0.39 is 0 Å². The number of nitrogens with zero attached hydrogens (tertiary/aromatic N) is 2. The van der Waals surface area contributed by atoms with Crippen LogP contribution in [0.2, 0.25) is 5.02 Å². The Hall–Kier alpha value is -1.81. The summed E-state index contributed by atoms with van der Waals surface area (Å²) in [7, 11) is 0. The fraction of sp³-hybridized carbons (Fsp3) is 0.231. The van der Waals surface area contributed by atoms with Crippen LogP contribution in [0.25, 0.3) is 0 Å². The third-order valence-corrected chi connectivity index (χ3v) is 2.96. The van der Waals surface area contributed by atoms with Gasteiger partial charge >= 0.3 is 0 Å². The molecule has 1 aromatic heterocycles. The van der Waals surface area contributed by atoms with E-state index in [0.717, 1.165) is 22.8 Å². The molecular weight excluding hydrogens is 248 g/mol. The molecule has 0 bridgehead atoms. The predicted octanol–water partition coefficient (Wildman–Crippen LogP) is 2.94. The number of aromatic nitrogens is 2. The van der Waals surface area contributed by atoms with Crippen LogP contribution in [-0.2, 0) is 6.54 Å². The first-order valence-corrected chi connectivity index (χ1v) is 6.02. The van der Waals surface area contributed by atoms with Crippen LogP contribution in [0.4, 0.5) is 11.4 Å². The van der Waals surface area contributed by atoms with E-state index in [1.54, 1.807) is 6.20 Å². The lowest BCUT2D eigenvalue weighted by Gasteiger charge is -2.11. The molecule has 4 nitrogen and oxygen atoms in total. The molecule has 0 aliphatic heterocycles. The third-order valence-electron chi connectivity index (χ3n) is 2.64. The van der Waals surface area contributed by atoms with E-state index in [1.165, 1.54) is 0 Å². The molecular formula is C13H15ClN4. The largest absolute Gasteiger partial charge is 0.398 e. The molecule has 0 aliphatic rings. The second-order valence-corrected chi connectivity index (χ2v) is 4.54. The number of halogens is 1. The van der Waals surface area contributed by atoms with Gasteiger partial charge in [0.1, 0.15) is 5.82 Å². The minimum Gasteiger partial charge on any atom is -0.398 e. The number of benzene rings is 1. The summed E-state index contributed by atoms with van der Waals surface area (Å²) in [6.45, 7) is 4.49. The Bertz CT molecular complexity index is 569. The number of nitrogen functional groups attached to an aromatic ring is 1. The first kappa shape index (κ1) is 12.6. The van der Waals surface area contributed by atoms with Crippen molar-refractivity contribution in [3.05, 3.63) is 46.5 Å². The van der Waals surface area contributed by atoms with Gasteiger partial charge in [-0.15, -0.1) is 0 Å². The molecule has 0 amide bonds. The Labute approximate surface area is 111 Å². The van der Waals surface area contributed by atoms with Crippen molar-refractivity contribution in [3.8, 4) is 0 Å². The summed E-state index contributed by atoms with van der Waals surface area (Å²) in [5.74, 6) is 0.765. The van der Waals surface area contributed by atoms with E-state index in [1.807, 2.05) is 32.0 Å². The van der Waals surface area contributed by atoms with Gasteiger partial charge in [0.15, 0.2) is 0 Å². The van der Waals surface area contributed by atoms with Crippen LogP contribution in [0.15, 0.2) is 24.4 Å². The molecule has 0 saturated carbocycles. The van der Waals surface area contributed by atoms with Gasteiger partial charge in [0.2, 0.25) is 0 Å². The molecule has 0 saturated heterocycles. The van der Waals surface area contributed by atoms with Crippen LogP contribution in [-0.4, -0.2) is 9.97 Å². The molecule has 0 radical (unpaired) electrons. The van der Waals surface area contributed by atoms with Crippen LogP contribution >= 0.6 is 11.6 Å². The van der Waals surface area contributed by atoms with Crippen LogP contribution < -0.4 is 11.1 Å². The molecule has 18 heavy (non-hydrogen) atoms. The number of rotatable bonds is 3. The minimum atomic E-state index is 0.557. The van der Waals surface area contributed by atoms with Gasteiger partial charge in [-0.1, -0.05) is 11.6 Å². The van der Waals surface area contributed by atoms with Crippen LogP contribution in [0.1, 0.15) is 17.1 Å². The monoisotopic (exact) mass is 262 g/mol. The maximum Gasteiger partial charge on any atom is 0.125 e. The Balaban J connectivity index is 2.13. The molecule has 1 heterocycles. The lowest BCUT2D eigenvalue weighted by atomic mass is 10.1. The Morgan fingerprint density at radius 1 is 1.33 bits per heavy atom. The van der Waals surface area contributed by atoms with E-state index in [4.69, 9.17) is 17.3 Å². The normalized spacial score (nSPS) is 10.4. The van der Waals surface area contributed by atoms with Gasteiger partial charge < -0.3 is 11.1 Å². The number of aryl methyl sites for hydroxylation is 2. The summed E-state index contributed by atoms with van der Waals surface area (Å²) in [6, 6.07) is 5.57. The van der Waals surface area contributed by atoms with Gasteiger partial charge in [-0.3, -0.25) is 0 Å². The van der Waals surface area contributed by atoms with Gasteiger partial charge in [-0.2, -0.15) is 0 Å². The van der Waals surface area contributed by atoms with E-state index in [-0.39, 0.29) is 0 Å². The fourth-order valence-corrected chi connectivity index (χ4v) is 1.85. The zero-order valence-electron chi connectivity index (χ0n) is 10.4. The maximum absolute atomic E-state index is 6.00. The molecule has 3 N–H and O–H groups in total. The summed E-state index contributed by atoms with van der Waals surface area (Å²) >= 11 is 6.00. The van der Waals surface area contributed by atoms with Gasteiger partial charge in [-0.25, -0.2) is 9.97 Å². The third kappa shape index (κ3) is 2.90. The SMILES string of the molecule is Cc1nccc(CNc2cc(Cl)c(N)cc2C)n1. The Morgan fingerprint density at radius 2 is 2.11 bits per heavy atom.